The van der Waals surface area contributed by atoms with E-state index in [1.165, 1.54) is 0 Å². The molecule has 1 amide bonds. The maximum absolute atomic E-state index is 12.9. The number of aliphatic carboxylic acids is 1. The van der Waals surface area contributed by atoms with Gasteiger partial charge >= 0.3 is 5.97 Å². The van der Waals surface area contributed by atoms with Gasteiger partial charge in [0.2, 0.25) is 6.41 Å². The number of ether oxygens (including phenoxy) is 1. The van der Waals surface area contributed by atoms with Gasteiger partial charge in [0.1, 0.15) is 17.9 Å². The molecule has 4 rings (SSSR count). The second kappa shape index (κ2) is 11.4. The van der Waals surface area contributed by atoms with Gasteiger partial charge in [0.05, 0.1) is 11.0 Å². The maximum Gasteiger partial charge on any atom is 0.326 e. The van der Waals surface area contributed by atoms with E-state index in [0.717, 1.165) is 23.2 Å². The smallest absolute Gasteiger partial charge is 0.326 e. The van der Waals surface area contributed by atoms with Crippen molar-refractivity contribution in [3.63, 3.8) is 0 Å². The zero-order chi connectivity index (χ0) is 28.4. The van der Waals surface area contributed by atoms with Gasteiger partial charge in [0.15, 0.2) is 11.5 Å². The number of fused-ring (bicyclic) bond motifs is 1. The Balaban J connectivity index is 0.000000934. The molecule has 1 fully saturated rings. The van der Waals surface area contributed by atoms with E-state index in [-0.39, 0.29) is 42.9 Å². The van der Waals surface area contributed by atoms with Gasteiger partial charge in [-0.1, -0.05) is 12.1 Å². The average Bonchev–Trinajstić information content (AvgIpc) is 3.21. The Kier molecular flexibility index (Phi) is 8.90. The van der Waals surface area contributed by atoms with E-state index in [9.17, 15) is 29.7 Å². The topological polar surface area (TPSA) is 157 Å². The number of carbonyl (C=O) groups excluding carboxylic acids is 2. The summed E-state index contributed by atoms with van der Waals surface area (Å²) >= 11 is 0. The van der Waals surface area contributed by atoms with Crippen LogP contribution in [0.2, 0.25) is 0 Å². The summed E-state index contributed by atoms with van der Waals surface area (Å²) in [4.78, 5) is 36.9. The number of benzene rings is 1. The number of phenolic OH excluding ortho intramolecular Hbond substituents is 1. The third-order valence-electron chi connectivity index (χ3n) is 8.15. The van der Waals surface area contributed by atoms with Gasteiger partial charge < -0.3 is 35.4 Å². The number of rotatable bonds is 8. The molecule has 0 aromatic heterocycles. The molecule has 5 atom stereocenters. The van der Waals surface area contributed by atoms with Crippen molar-refractivity contribution in [3.8, 4) is 11.5 Å². The number of aromatic hydroxyl groups is 1. The Morgan fingerprint density at radius 3 is 2.58 bits per heavy atom. The minimum atomic E-state index is -1.19. The molecule has 2 aliphatic heterocycles. The number of likely N-dealkylation sites (tertiary alicyclic amines) is 1. The number of aryl methyl sites for hydroxylation is 1. The van der Waals surface area contributed by atoms with Crippen molar-refractivity contribution in [2.24, 2.45) is 0 Å². The van der Waals surface area contributed by atoms with Gasteiger partial charge in [-0.2, -0.15) is 0 Å². The van der Waals surface area contributed by atoms with Crippen molar-refractivity contribution < 1.29 is 39.5 Å². The number of carbonyl (C=O) groups is 3. The Morgan fingerprint density at radius 1 is 1.32 bits per heavy atom. The van der Waals surface area contributed by atoms with Crippen LogP contribution in [0.15, 0.2) is 23.8 Å². The Bertz CT molecular complexity index is 1100. The van der Waals surface area contributed by atoms with Crippen LogP contribution in [0.25, 0.3) is 0 Å². The Morgan fingerprint density at radius 2 is 1.97 bits per heavy atom. The second-order valence-corrected chi connectivity index (χ2v) is 10.9. The van der Waals surface area contributed by atoms with E-state index < -0.39 is 29.1 Å². The number of nitrogens with zero attached hydrogens (tertiary/aromatic N) is 1. The van der Waals surface area contributed by atoms with Crippen LogP contribution in [0, 0.1) is 6.92 Å². The van der Waals surface area contributed by atoms with Gasteiger partial charge in [-0.05, 0) is 77.8 Å². The van der Waals surface area contributed by atoms with Crippen LogP contribution in [0.3, 0.4) is 0 Å². The highest BCUT2D eigenvalue weighted by atomic mass is 16.5. The van der Waals surface area contributed by atoms with E-state index in [1.54, 1.807) is 19.9 Å². The molecular formula is C28H40N2O8. The number of aliphatic hydroxyl groups is 2. The van der Waals surface area contributed by atoms with Crippen molar-refractivity contribution in [3.05, 3.63) is 34.9 Å². The molecule has 10 heteroatoms. The quantitative estimate of drug-likeness (QED) is 0.249. The van der Waals surface area contributed by atoms with Gasteiger partial charge in [0, 0.05) is 30.6 Å². The summed E-state index contributed by atoms with van der Waals surface area (Å²) in [6.07, 6.45) is 2.36. The number of ketones is 1. The first-order valence-corrected chi connectivity index (χ1v) is 13.0. The SMILES string of the molecule is CC(C)O.Cc1ccc(O)c2c1C13CCN(C)C(C)C1(O)CC=C(CC(=O)CC[C@H](NC=O)C(=O)O)C3O2. The first kappa shape index (κ1) is 29.6. The number of hydrogen-bond acceptors (Lipinski definition) is 8. The minimum absolute atomic E-state index is 0.00761. The highest BCUT2D eigenvalue weighted by Crippen LogP contribution is 2.62. The van der Waals surface area contributed by atoms with E-state index in [0.29, 0.717) is 25.0 Å². The summed E-state index contributed by atoms with van der Waals surface area (Å²) in [7, 11) is 1.98. The molecule has 1 spiro atoms. The molecule has 3 aliphatic rings. The maximum atomic E-state index is 12.9. The number of carboxylic acid groups (broad SMARTS) is 1. The lowest BCUT2D eigenvalue weighted by Gasteiger charge is -2.59. The molecule has 10 nitrogen and oxygen atoms in total. The zero-order valence-corrected chi connectivity index (χ0v) is 22.7. The molecule has 38 heavy (non-hydrogen) atoms. The lowest BCUT2D eigenvalue weighted by molar-refractivity contribution is -0.148. The summed E-state index contributed by atoms with van der Waals surface area (Å²) in [5.74, 6) is -0.997. The fourth-order valence-corrected chi connectivity index (χ4v) is 6.18. The van der Waals surface area contributed by atoms with Gasteiger partial charge in [0.25, 0.3) is 0 Å². The summed E-state index contributed by atoms with van der Waals surface area (Å²) in [6, 6.07) is 2.10. The molecule has 1 saturated heterocycles. The summed E-state index contributed by atoms with van der Waals surface area (Å²) in [5.41, 5.74) is 0.478. The van der Waals surface area contributed by atoms with Crippen molar-refractivity contribution in [1.82, 2.24) is 10.2 Å². The number of amides is 1. The summed E-state index contributed by atoms with van der Waals surface area (Å²) in [6.45, 7) is 8.10. The van der Waals surface area contributed by atoms with Gasteiger partial charge in [-0.3, -0.25) is 9.59 Å². The van der Waals surface area contributed by atoms with Crippen molar-refractivity contribution in [2.75, 3.05) is 13.6 Å². The van der Waals surface area contributed by atoms with E-state index in [1.807, 2.05) is 33.0 Å². The second-order valence-electron chi connectivity index (χ2n) is 10.9. The summed E-state index contributed by atoms with van der Waals surface area (Å²) in [5, 5.41) is 42.2. The number of hydrogen-bond donors (Lipinski definition) is 5. The number of carboxylic acids is 1. The molecule has 1 aromatic rings. The molecule has 0 radical (unpaired) electrons. The monoisotopic (exact) mass is 532 g/mol. The van der Waals surface area contributed by atoms with Gasteiger partial charge in [-0.15, -0.1) is 0 Å². The number of phenols is 1. The third-order valence-corrected chi connectivity index (χ3v) is 8.15. The number of nitrogens with one attached hydrogen (secondary N) is 1. The van der Waals surface area contributed by atoms with E-state index >= 15 is 0 Å². The summed E-state index contributed by atoms with van der Waals surface area (Å²) < 4.78 is 6.35. The fourth-order valence-electron chi connectivity index (χ4n) is 6.18. The molecule has 1 aliphatic carbocycles. The molecule has 0 saturated carbocycles. The first-order valence-electron chi connectivity index (χ1n) is 13.0. The minimum Gasteiger partial charge on any atom is -0.504 e. The van der Waals surface area contributed by atoms with Crippen LogP contribution in [-0.2, 0) is 19.8 Å². The number of aliphatic hydroxyl groups excluding tert-OH is 1. The molecule has 210 valence electrons. The molecular weight excluding hydrogens is 492 g/mol. The van der Waals surface area contributed by atoms with Crippen LogP contribution >= 0.6 is 0 Å². The lowest BCUT2D eigenvalue weighted by atomic mass is 9.53. The van der Waals surface area contributed by atoms with E-state index in [2.05, 4.69) is 10.2 Å². The van der Waals surface area contributed by atoms with Crippen LogP contribution in [-0.4, -0.2) is 87.0 Å². The molecule has 2 heterocycles. The average molecular weight is 533 g/mol. The van der Waals surface area contributed by atoms with E-state index in [4.69, 9.17) is 9.84 Å². The highest BCUT2D eigenvalue weighted by molar-refractivity contribution is 5.83. The van der Waals surface area contributed by atoms with Crippen molar-refractivity contribution >= 4 is 18.2 Å². The van der Waals surface area contributed by atoms with Crippen LogP contribution in [0.5, 0.6) is 11.5 Å². The Labute approximate surface area is 223 Å². The number of piperidine rings is 1. The lowest BCUT2D eigenvalue weighted by Crippen LogP contribution is -2.71. The largest absolute Gasteiger partial charge is 0.504 e. The molecule has 0 bridgehead atoms. The van der Waals surface area contributed by atoms with Crippen LogP contribution in [0.1, 0.15) is 64.0 Å². The molecule has 1 aromatic carbocycles. The van der Waals surface area contributed by atoms with Crippen molar-refractivity contribution in [2.45, 2.75) is 95.1 Å². The first-order chi connectivity index (χ1) is 17.8. The number of likely N-dealkylation sites (N-methyl/N-ethyl adjacent to an activating group) is 1. The van der Waals surface area contributed by atoms with Crippen LogP contribution < -0.4 is 10.1 Å². The molecule has 5 N–H and O–H groups in total. The van der Waals surface area contributed by atoms with Crippen LogP contribution in [0.4, 0.5) is 0 Å². The van der Waals surface area contributed by atoms with Crippen molar-refractivity contribution in [1.29, 1.82) is 0 Å². The number of Topliss-reactive ketones (excluding diaryl/α,β-unsaturated/α-hetero) is 1. The highest BCUT2D eigenvalue weighted by Gasteiger charge is 2.68. The molecule has 4 unspecified atom stereocenters. The van der Waals surface area contributed by atoms with Gasteiger partial charge in [-0.25, -0.2) is 4.79 Å². The standard InChI is InChI=1S/C25H32N2O7.C3H8O/c1-14-4-7-19(30)21-20(14)24-10-11-27(3)15(2)25(24,33)9-8-16(22(24)34-21)12-17(29)5-6-18(23(31)32)26-13-28;1-3(2)4/h4,7-8,13,15,18,22,30,33H,5-6,9-12H2,1-3H3,(H,26,28)(H,31,32);3-4H,1-2H3/t15?,18-,22?,24?,25?;/m0./s1. The fraction of sp³-hybridized carbons (Fsp3) is 0.607. The predicted molar refractivity (Wildman–Crippen MR) is 140 cm³/mol. The Hall–Kier alpha value is -2.95. The normalized spacial score (nSPS) is 28.5. The zero-order valence-electron chi connectivity index (χ0n) is 22.7. The predicted octanol–water partition coefficient (Wildman–Crippen LogP) is 1.81. The third kappa shape index (κ3) is 5.17.